The Hall–Kier alpha value is -1.55. The van der Waals surface area contributed by atoms with Gasteiger partial charge >= 0.3 is 5.97 Å². The number of aliphatic imine (C=N–C) groups is 1. The van der Waals surface area contributed by atoms with Crippen LogP contribution in [0.5, 0.6) is 0 Å². The minimum Gasteiger partial charge on any atom is -0.480 e. The largest absolute Gasteiger partial charge is 0.480 e. The van der Waals surface area contributed by atoms with Gasteiger partial charge in [0.15, 0.2) is 0 Å². The van der Waals surface area contributed by atoms with Gasteiger partial charge in [0.25, 0.3) is 0 Å². The van der Waals surface area contributed by atoms with Gasteiger partial charge in [-0.05, 0) is 12.5 Å². The Labute approximate surface area is 98.7 Å². The Morgan fingerprint density at radius 3 is 2.62 bits per heavy atom. The maximum absolute atomic E-state index is 10.6. The molecule has 0 bridgehead atoms. The van der Waals surface area contributed by atoms with E-state index in [-0.39, 0.29) is 5.90 Å². The fraction of sp³-hybridized carbons (Fsp3) is 0.273. The Bertz CT molecular complexity index is 378. The average Bonchev–Trinajstić information content (AvgIpc) is 2.29. The summed E-state index contributed by atoms with van der Waals surface area (Å²) in [5.41, 5.74) is 0.958. The number of hydrogen-bond acceptors (Lipinski definition) is 3. The monoisotopic (exact) mass is 241 g/mol. The van der Waals surface area contributed by atoms with Crippen molar-refractivity contribution < 1.29 is 14.2 Å². The summed E-state index contributed by atoms with van der Waals surface area (Å²) in [4.78, 5) is 14.5. The van der Waals surface area contributed by atoms with Crippen molar-refractivity contribution >= 4 is 23.7 Å². The third-order valence-corrected chi connectivity index (χ3v) is 2.16. The number of rotatable bonds is 4. The summed E-state index contributed by atoms with van der Waals surface area (Å²) in [7, 11) is 0. The molecular formula is C11H12ClNO3. The zero-order valence-electron chi connectivity index (χ0n) is 8.76. The van der Waals surface area contributed by atoms with E-state index in [0.29, 0.717) is 6.42 Å². The molecule has 4 nitrogen and oxygen atoms in total. The highest BCUT2D eigenvalue weighted by atomic mass is 35.5. The van der Waals surface area contributed by atoms with E-state index in [9.17, 15) is 4.79 Å². The third kappa shape index (κ3) is 3.90. The molecule has 1 aromatic carbocycles. The molecule has 0 aliphatic heterocycles. The summed E-state index contributed by atoms with van der Waals surface area (Å²) >= 11 is 5.24. The van der Waals surface area contributed by atoms with Crippen LogP contribution in [0.25, 0.3) is 0 Å². The molecule has 1 aromatic rings. The van der Waals surface area contributed by atoms with Crippen molar-refractivity contribution in [3.05, 3.63) is 35.9 Å². The summed E-state index contributed by atoms with van der Waals surface area (Å²) in [6.45, 7) is 1.46. The molecule has 0 fully saturated rings. The van der Waals surface area contributed by atoms with E-state index in [1.54, 1.807) is 0 Å². The number of hydrogen-bond donors (Lipinski definition) is 1. The number of benzene rings is 1. The van der Waals surface area contributed by atoms with Gasteiger partial charge in [-0.2, -0.15) is 0 Å². The van der Waals surface area contributed by atoms with Crippen LogP contribution in [0.4, 0.5) is 0 Å². The molecule has 0 saturated carbocycles. The first-order valence-electron chi connectivity index (χ1n) is 4.75. The lowest BCUT2D eigenvalue weighted by Gasteiger charge is -2.05. The summed E-state index contributed by atoms with van der Waals surface area (Å²) < 4.78 is 4.53. The zero-order valence-corrected chi connectivity index (χ0v) is 9.52. The van der Waals surface area contributed by atoms with Crippen LogP contribution in [0.3, 0.4) is 0 Å². The minimum atomic E-state index is -1.01. The molecule has 0 spiro atoms. The first-order valence-corrected chi connectivity index (χ1v) is 5.06. The molecule has 16 heavy (non-hydrogen) atoms. The van der Waals surface area contributed by atoms with Crippen molar-refractivity contribution in [3.8, 4) is 0 Å². The van der Waals surface area contributed by atoms with Gasteiger partial charge in [-0.3, -0.25) is 0 Å². The van der Waals surface area contributed by atoms with Crippen LogP contribution in [-0.2, 0) is 15.5 Å². The topological polar surface area (TPSA) is 58.9 Å². The van der Waals surface area contributed by atoms with E-state index in [2.05, 4.69) is 9.28 Å². The van der Waals surface area contributed by atoms with Crippen LogP contribution in [0, 0.1) is 0 Å². The number of halogens is 1. The van der Waals surface area contributed by atoms with Gasteiger partial charge in [-0.1, -0.05) is 30.3 Å². The average molecular weight is 242 g/mol. The van der Waals surface area contributed by atoms with Crippen LogP contribution in [0.1, 0.15) is 12.5 Å². The minimum absolute atomic E-state index is 0.197. The molecule has 0 aromatic heterocycles. The van der Waals surface area contributed by atoms with E-state index in [4.69, 9.17) is 17.0 Å². The summed E-state index contributed by atoms with van der Waals surface area (Å²) in [6, 6.07) is 8.55. The maximum Gasteiger partial charge on any atom is 0.328 e. The molecule has 0 amide bonds. The molecule has 1 atom stereocenters. The molecule has 0 aliphatic carbocycles. The SMILES string of the molecule is C[C@H](N=C(Cc1ccccc1)OCl)C(=O)O. The van der Waals surface area contributed by atoms with Gasteiger partial charge < -0.3 is 9.40 Å². The van der Waals surface area contributed by atoms with E-state index in [0.717, 1.165) is 5.56 Å². The highest BCUT2D eigenvalue weighted by Gasteiger charge is 2.11. The van der Waals surface area contributed by atoms with Gasteiger partial charge in [0, 0.05) is 0 Å². The molecule has 0 aliphatic rings. The highest BCUT2D eigenvalue weighted by Crippen LogP contribution is 2.05. The predicted octanol–water partition coefficient (Wildman–Crippen LogP) is 2.27. The fourth-order valence-electron chi connectivity index (χ4n) is 1.13. The van der Waals surface area contributed by atoms with Crippen molar-refractivity contribution in [2.24, 2.45) is 4.99 Å². The van der Waals surface area contributed by atoms with Gasteiger partial charge in [0.2, 0.25) is 5.90 Å². The predicted molar refractivity (Wildman–Crippen MR) is 61.6 cm³/mol. The summed E-state index contributed by atoms with van der Waals surface area (Å²) in [6.07, 6.45) is 0.377. The number of carbonyl (C=O) groups is 1. The second-order valence-corrected chi connectivity index (χ2v) is 3.43. The third-order valence-electron chi connectivity index (χ3n) is 1.98. The van der Waals surface area contributed by atoms with Crippen molar-refractivity contribution in [2.45, 2.75) is 19.4 Å². The second-order valence-electron chi connectivity index (χ2n) is 3.28. The van der Waals surface area contributed by atoms with Gasteiger partial charge in [-0.25, -0.2) is 9.79 Å². The lowest BCUT2D eigenvalue weighted by atomic mass is 10.1. The first-order chi connectivity index (χ1) is 7.63. The van der Waals surface area contributed by atoms with Gasteiger partial charge in [-0.15, -0.1) is 0 Å². The maximum atomic E-state index is 10.6. The molecule has 0 radical (unpaired) electrons. The quantitative estimate of drug-likeness (QED) is 0.650. The normalized spacial score (nSPS) is 13.2. The molecular weight excluding hydrogens is 230 g/mol. The van der Waals surface area contributed by atoms with Gasteiger partial charge in [0.05, 0.1) is 6.42 Å². The van der Waals surface area contributed by atoms with E-state index in [1.807, 2.05) is 30.3 Å². The van der Waals surface area contributed by atoms with E-state index >= 15 is 0 Å². The second kappa shape index (κ2) is 6.12. The standard InChI is InChI=1S/C11H12ClNO3/c1-8(11(14)15)13-10(16-12)7-9-5-3-2-4-6-9/h2-6,8H,7H2,1H3,(H,14,15)/t8-/m0/s1. The molecule has 0 saturated heterocycles. The lowest BCUT2D eigenvalue weighted by molar-refractivity contribution is -0.138. The van der Waals surface area contributed by atoms with Crippen LogP contribution in [-0.4, -0.2) is 23.0 Å². The van der Waals surface area contributed by atoms with Crippen LogP contribution >= 0.6 is 11.9 Å². The highest BCUT2D eigenvalue weighted by molar-refractivity contribution is 6.14. The summed E-state index contributed by atoms with van der Waals surface area (Å²) in [5, 5.41) is 8.69. The van der Waals surface area contributed by atoms with Crippen molar-refractivity contribution in [1.82, 2.24) is 0 Å². The van der Waals surface area contributed by atoms with Gasteiger partial charge in [0.1, 0.15) is 17.9 Å². The van der Waals surface area contributed by atoms with Crippen LogP contribution in [0.2, 0.25) is 0 Å². The van der Waals surface area contributed by atoms with E-state index < -0.39 is 12.0 Å². The molecule has 1 N–H and O–H groups in total. The van der Waals surface area contributed by atoms with Crippen LogP contribution in [0.15, 0.2) is 35.3 Å². The van der Waals surface area contributed by atoms with Crippen molar-refractivity contribution in [3.63, 3.8) is 0 Å². The first kappa shape index (κ1) is 12.5. The zero-order chi connectivity index (χ0) is 12.0. The Kier molecular flexibility index (Phi) is 4.79. The van der Waals surface area contributed by atoms with Crippen molar-refractivity contribution in [1.29, 1.82) is 0 Å². The number of carboxylic acids is 1. The lowest BCUT2D eigenvalue weighted by Crippen LogP contribution is -2.17. The fourth-order valence-corrected chi connectivity index (χ4v) is 1.23. The smallest absolute Gasteiger partial charge is 0.328 e. The number of aliphatic carboxylic acids is 1. The van der Waals surface area contributed by atoms with E-state index in [1.165, 1.54) is 6.92 Å². The molecule has 1 rings (SSSR count). The Morgan fingerprint density at radius 1 is 1.50 bits per heavy atom. The molecule has 86 valence electrons. The van der Waals surface area contributed by atoms with Crippen molar-refractivity contribution in [2.75, 3.05) is 0 Å². The van der Waals surface area contributed by atoms with Crippen LogP contribution < -0.4 is 0 Å². The Morgan fingerprint density at radius 2 is 2.12 bits per heavy atom. The molecule has 0 unspecified atom stereocenters. The Balaban J connectivity index is 2.73. The summed E-state index contributed by atoms with van der Waals surface area (Å²) in [5.74, 6) is -0.818. The molecule has 0 heterocycles. The molecule has 5 heteroatoms. The number of nitrogens with zero attached hydrogens (tertiary/aromatic N) is 1. The number of carboxylic acid groups (broad SMARTS) is 1.